The summed E-state index contributed by atoms with van der Waals surface area (Å²) in [6.07, 6.45) is 7.00. The first-order valence-electron chi connectivity index (χ1n) is 6.83. The zero-order valence-electron chi connectivity index (χ0n) is 12.0. The third-order valence-corrected chi connectivity index (χ3v) is 3.89. The van der Waals surface area contributed by atoms with E-state index in [0.29, 0.717) is 0 Å². The van der Waals surface area contributed by atoms with Crippen LogP contribution in [0.2, 0.25) is 0 Å². The molecular formula is C15H17N3O3. The second kappa shape index (κ2) is 5.55. The molecule has 1 fully saturated rings. The zero-order valence-corrected chi connectivity index (χ0v) is 12.0. The van der Waals surface area contributed by atoms with Gasteiger partial charge in [-0.3, -0.25) is 14.5 Å². The number of carbonyl (C=O) groups excluding carboxylic acids is 1. The summed E-state index contributed by atoms with van der Waals surface area (Å²) in [6, 6.07) is 4.04. The van der Waals surface area contributed by atoms with Crippen molar-refractivity contribution in [2.45, 2.75) is 18.9 Å². The molecule has 0 amide bonds. The van der Waals surface area contributed by atoms with Crippen LogP contribution in [0.25, 0.3) is 11.3 Å². The first-order chi connectivity index (χ1) is 10.2. The molecule has 6 heteroatoms. The Morgan fingerprint density at radius 2 is 2.10 bits per heavy atom. The molecule has 1 aliphatic carbocycles. The number of esters is 1. The van der Waals surface area contributed by atoms with E-state index < -0.39 is 0 Å². The molecule has 0 N–H and O–H groups in total. The molecule has 2 aromatic rings. The first kappa shape index (κ1) is 13.6. The standard InChI is InChI=1S/C15H17N3O3/c1-20-13-3-4-14(16-8-13)11-7-17-18(9-11)12-5-10(6-12)15(19)21-2/h3-4,7-10,12H,5-6H2,1-2H3. The van der Waals surface area contributed by atoms with Gasteiger partial charge in [0, 0.05) is 11.8 Å². The van der Waals surface area contributed by atoms with Crippen molar-refractivity contribution in [3.63, 3.8) is 0 Å². The molecule has 0 unspecified atom stereocenters. The molecule has 21 heavy (non-hydrogen) atoms. The lowest BCUT2D eigenvalue weighted by molar-refractivity contribution is -0.149. The number of carbonyl (C=O) groups is 1. The van der Waals surface area contributed by atoms with Gasteiger partial charge in [0.1, 0.15) is 5.75 Å². The van der Waals surface area contributed by atoms with Crippen molar-refractivity contribution in [3.8, 4) is 17.0 Å². The SMILES string of the molecule is COC(=O)C1CC(n2cc(-c3ccc(OC)cn3)cn2)C1. The van der Waals surface area contributed by atoms with Crippen molar-refractivity contribution in [1.29, 1.82) is 0 Å². The third kappa shape index (κ3) is 2.61. The van der Waals surface area contributed by atoms with Crippen molar-refractivity contribution >= 4 is 5.97 Å². The molecule has 110 valence electrons. The smallest absolute Gasteiger partial charge is 0.308 e. The molecule has 0 spiro atoms. The van der Waals surface area contributed by atoms with Crippen LogP contribution in [-0.2, 0) is 9.53 Å². The Balaban J connectivity index is 1.68. The number of pyridine rings is 1. The van der Waals surface area contributed by atoms with Crippen LogP contribution in [0.15, 0.2) is 30.7 Å². The van der Waals surface area contributed by atoms with E-state index in [1.807, 2.05) is 23.0 Å². The number of rotatable bonds is 4. The van der Waals surface area contributed by atoms with E-state index >= 15 is 0 Å². The van der Waals surface area contributed by atoms with Gasteiger partial charge in [0.05, 0.1) is 44.3 Å². The summed E-state index contributed by atoms with van der Waals surface area (Å²) in [5, 5.41) is 4.37. The quantitative estimate of drug-likeness (QED) is 0.805. The Labute approximate surface area is 122 Å². The predicted octanol–water partition coefficient (Wildman–Crippen LogP) is 2.08. The summed E-state index contributed by atoms with van der Waals surface area (Å²) in [5.41, 5.74) is 1.81. The van der Waals surface area contributed by atoms with Crippen LogP contribution in [0.4, 0.5) is 0 Å². The number of methoxy groups -OCH3 is 2. The molecule has 6 nitrogen and oxygen atoms in total. The number of hydrogen-bond acceptors (Lipinski definition) is 5. The van der Waals surface area contributed by atoms with E-state index in [-0.39, 0.29) is 17.9 Å². The van der Waals surface area contributed by atoms with E-state index in [4.69, 9.17) is 9.47 Å². The van der Waals surface area contributed by atoms with Gasteiger partial charge in [0.25, 0.3) is 0 Å². The molecule has 1 saturated carbocycles. The molecule has 3 rings (SSSR count). The van der Waals surface area contributed by atoms with Crippen LogP contribution in [-0.4, -0.2) is 35.0 Å². The highest BCUT2D eigenvalue weighted by atomic mass is 16.5. The van der Waals surface area contributed by atoms with Gasteiger partial charge < -0.3 is 9.47 Å². The van der Waals surface area contributed by atoms with E-state index in [1.165, 1.54) is 7.11 Å². The number of aromatic nitrogens is 3. The van der Waals surface area contributed by atoms with Crippen molar-refractivity contribution in [2.24, 2.45) is 5.92 Å². The molecule has 0 saturated heterocycles. The Bertz CT molecular complexity index is 630. The Morgan fingerprint density at radius 1 is 1.29 bits per heavy atom. The highest BCUT2D eigenvalue weighted by Gasteiger charge is 2.36. The Hall–Kier alpha value is -2.37. The highest BCUT2D eigenvalue weighted by molar-refractivity contribution is 5.73. The van der Waals surface area contributed by atoms with E-state index in [9.17, 15) is 4.79 Å². The summed E-state index contributed by atoms with van der Waals surface area (Å²) >= 11 is 0. The lowest BCUT2D eigenvalue weighted by Crippen LogP contribution is -2.33. The van der Waals surface area contributed by atoms with Crippen molar-refractivity contribution < 1.29 is 14.3 Å². The van der Waals surface area contributed by atoms with Crippen LogP contribution in [0.1, 0.15) is 18.9 Å². The topological polar surface area (TPSA) is 66.2 Å². The molecule has 2 aromatic heterocycles. The first-order valence-corrected chi connectivity index (χ1v) is 6.83. The van der Waals surface area contributed by atoms with E-state index in [2.05, 4.69) is 10.1 Å². The molecule has 2 heterocycles. The predicted molar refractivity (Wildman–Crippen MR) is 75.8 cm³/mol. The summed E-state index contributed by atoms with van der Waals surface area (Å²) < 4.78 is 11.7. The second-order valence-corrected chi connectivity index (χ2v) is 5.14. The molecule has 0 atom stereocenters. The van der Waals surface area contributed by atoms with Crippen molar-refractivity contribution in [3.05, 3.63) is 30.7 Å². The average Bonchev–Trinajstić information content (AvgIpc) is 2.95. The lowest BCUT2D eigenvalue weighted by atomic mass is 9.80. The number of ether oxygens (including phenoxy) is 2. The fourth-order valence-corrected chi connectivity index (χ4v) is 2.50. The normalized spacial score (nSPS) is 20.7. The van der Waals surface area contributed by atoms with Gasteiger partial charge >= 0.3 is 5.97 Å². The summed E-state index contributed by atoms with van der Waals surface area (Å²) in [4.78, 5) is 15.7. The monoisotopic (exact) mass is 287 g/mol. The molecule has 0 aliphatic heterocycles. The number of nitrogens with zero attached hydrogens (tertiary/aromatic N) is 3. The molecule has 0 aromatic carbocycles. The van der Waals surface area contributed by atoms with Gasteiger partial charge in [-0.05, 0) is 25.0 Å². The minimum Gasteiger partial charge on any atom is -0.495 e. The fourth-order valence-electron chi connectivity index (χ4n) is 2.50. The lowest BCUT2D eigenvalue weighted by Gasteiger charge is -2.33. The average molecular weight is 287 g/mol. The van der Waals surface area contributed by atoms with Crippen LogP contribution >= 0.6 is 0 Å². The van der Waals surface area contributed by atoms with Crippen molar-refractivity contribution in [2.75, 3.05) is 14.2 Å². The van der Waals surface area contributed by atoms with Crippen LogP contribution in [0.5, 0.6) is 5.75 Å². The number of hydrogen-bond donors (Lipinski definition) is 0. The summed E-state index contributed by atoms with van der Waals surface area (Å²) in [7, 11) is 3.04. The van der Waals surface area contributed by atoms with Gasteiger partial charge in [0.15, 0.2) is 0 Å². The largest absolute Gasteiger partial charge is 0.495 e. The minimum absolute atomic E-state index is 0.00626. The van der Waals surface area contributed by atoms with Gasteiger partial charge in [-0.1, -0.05) is 0 Å². The van der Waals surface area contributed by atoms with E-state index in [0.717, 1.165) is 29.8 Å². The van der Waals surface area contributed by atoms with Crippen LogP contribution in [0.3, 0.4) is 0 Å². The van der Waals surface area contributed by atoms with Crippen LogP contribution < -0.4 is 4.74 Å². The molecular weight excluding hydrogens is 270 g/mol. The summed E-state index contributed by atoms with van der Waals surface area (Å²) in [5.74, 6) is 0.605. The molecule has 0 radical (unpaired) electrons. The second-order valence-electron chi connectivity index (χ2n) is 5.14. The van der Waals surface area contributed by atoms with E-state index in [1.54, 1.807) is 19.5 Å². The Kier molecular flexibility index (Phi) is 3.60. The minimum atomic E-state index is -0.129. The maximum atomic E-state index is 11.4. The fraction of sp³-hybridized carbons (Fsp3) is 0.400. The molecule has 0 bridgehead atoms. The highest BCUT2D eigenvalue weighted by Crippen LogP contribution is 2.38. The van der Waals surface area contributed by atoms with Gasteiger partial charge in [0.2, 0.25) is 0 Å². The van der Waals surface area contributed by atoms with Gasteiger partial charge in [-0.2, -0.15) is 5.10 Å². The van der Waals surface area contributed by atoms with Crippen molar-refractivity contribution in [1.82, 2.24) is 14.8 Å². The van der Waals surface area contributed by atoms with Gasteiger partial charge in [-0.15, -0.1) is 0 Å². The zero-order chi connectivity index (χ0) is 14.8. The maximum absolute atomic E-state index is 11.4. The Morgan fingerprint density at radius 3 is 2.71 bits per heavy atom. The molecule has 1 aliphatic rings. The van der Waals surface area contributed by atoms with Crippen LogP contribution in [0, 0.1) is 5.92 Å². The summed E-state index contributed by atoms with van der Waals surface area (Å²) in [6.45, 7) is 0. The maximum Gasteiger partial charge on any atom is 0.308 e. The third-order valence-electron chi connectivity index (χ3n) is 3.89. The van der Waals surface area contributed by atoms with Gasteiger partial charge in [-0.25, -0.2) is 0 Å².